The zero-order valence-corrected chi connectivity index (χ0v) is 15.3. The molecule has 0 aromatic rings. The largest absolute Gasteiger partial charge is 0.444 e. The Morgan fingerprint density at radius 3 is 2.39 bits per heavy atom. The summed E-state index contributed by atoms with van der Waals surface area (Å²) >= 11 is 0. The fourth-order valence-electron chi connectivity index (χ4n) is 3.79. The summed E-state index contributed by atoms with van der Waals surface area (Å²) < 4.78 is 5.46. The van der Waals surface area contributed by atoms with Gasteiger partial charge in [-0.1, -0.05) is 6.42 Å². The van der Waals surface area contributed by atoms with E-state index in [1.165, 1.54) is 12.8 Å². The summed E-state index contributed by atoms with van der Waals surface area (Å²) in [5.41, 5.74) is -0.425. The fraction of sp³-hybridized carbons (Fsp3) is 0.944. The minimum absolute atomic E-state index is 0.185. The van der Waals surface area contributed by atoms with Gasteiger partial charge in [-0.3, -0.25) is 4.90 Å². The lowest BCUT2D eigenvalue weighted by Gasteiger charge is -2.43. The molecular formula is C18H34N2O3. The molecule has 23 heavy (non-hydrogen) atoms. The van der Waals surface area contributed by atoms with Crippen LogP contribution in [0.25, 0.3) is 0 Å². The molecule has 0 aromatic heterocycles. The SMILES string of the molecule is CC1CCCC(CO)N1CC1CCN(C(=O)OC(C)(C)C)CC1. The summed E-state index contributed by atoms with van der Waals surface area (Å²) in [6.45, 7) is 10.9. The smallest absolute Gasteiger partial charge is 0.410 e. The van der Waals surface area contributed by atoms with E-state index >= 15 is 0 Å². The minimum atomic E-state index is -0.425. The molecule has 2 aliphatic heterocycles. The van der Waals surface area contributed by atoms with Crippen molar-refractivity contribution in [2.24, 2.45) is 5.92 Å². The predicted molar refractivity (Wildman–Crippen MR) is 91.4 cm³/mol. The summed E-state index contributed by atoms with van der Waals surface area (Å²) in [6, 6.07) is 0.882. The van der Waals surface area contributed by atoms with E-state index in [1.54, 1.807) is 0 Å². The Balaban J connectivity index is 1.81. The van der Waals surface area contributed by atoms with E-state index in [9.17, 15) is 9.90 Å². The van der Waals surface area contributed by atoms with Crippen LogP contribution in [0, 0.1) is 5.92 Å². The van der Waals surface area contributed by atoms with E-state index in [0.717, 1.165) is 38.9 Å². The molecule has 2 fully saturated rings. The maximum Gasteiger partial charge on any atom is 0.410 e. The Bertz CT molecular complexity index is 386. The van der Waals surface area contributed by atoms with Gasteiger partial charge < -0.3 is 14.7 Å². The van der Waals surface area contributed by atoms with Gasteiger partial charge in [0.05, 0.1) is 6.61 Å². The molecule has 0 saturated carbocycles. The number of hydrogen-bond acceptors (Lipinski definition) is 4. The molecular weight excluding hydrogens is 292 g/mol. The second-order valence-corrected chi connectivity index (χ2v) is 8.22. The number of rotatable bonds is 3. The van der Waals surface area contributed by atoms with Crippen LogP contribution in [-0.4, -0.2) is 64.9 Å². The van der Waals surface area contributed by atoms with Gasteiger partial charge in [0.1, 0.15) is 5.60 Å². The van der Waals surface area contributed by atoms with Crippen LogP contribution in [0.5, 0.6) is 0 Å². The third-order valence-electron chi connectivity index (χ3n) is 5.14. The molecule has 0 aromatic carbocycles. The Kier molecular flexibility index (Phi) is 6.32. The first-order valence-electron chi connectivity index (χ1n) is 9.14. The molecule has 2 saturated heterocycles. The van der Waals surface area contributed by atoms with Crippen LogP contribution in [0.1, 0.15) is 59.8 Å². The number of aliphatic hydroxyl groups excluding tert-OH is 1. The summed E-state index contributed by atoms with van der Waals surface area (Å²) in [5.74, 6) is 0.614. The van der Waals surface area contributed by atoms with Crippen molar-refractivity contribution in [3.63, 3.8) is 0 Å². The summed E-state index contributed by atoms with van der Waals surface area (Å²) in [7, 11) is 0. The van der Waals surface area contributed by atoms with Crippen LogP contribution in [0.3, 0.4) is 0 Å². The molecule has 134 valence electrons. The highest BCUT2D eigenvalue weighted by Crippen LogP contribution is 2.27. The van der Waals surface area contributed by atoms with Crippen LogP contribution >= 0.6 is 0 Å². The number of ether oxygens (including phenoxy) is 1. The molecule has 1 amide bonds. The highest BCUT2D eigenvalue weighted by molar-refractivity contribution is 5.68. The first-order chi connectivity index (χ1) is 10.8. The van der Waals surface area contributed by atoms with Gasteiger partial charge in [0.15, 0.2) is 0 Å². The Labute approximate surface area is 141 Å². The van der Waals surface area contributed by atoms with Crippen molar-refractivity contribution in [2.75, 3.05) is 26.2 Å². The van der Waals surface area contributed by atoms with E-state index in [1.807, 2.05) is 25.7 Å². The van der Waals surface area contributed by atoms with Crippen molar-refractivity contribution in [2.45, 2.75) is 77.5 Å². The summed E-state index contributed by atoms with van der Waals surface area (Å²) in [4.78, 5) is 16.5. The molecule has 2 atom stereocenters. The number of piperidine rings is 2. The van der Waals surface area contributed by atoms with Gasteiger partial charge in [0.2, 0.25) is 0 Å². The van der Waals surface area contributed by atoms with Crippen molar-refractivity contribution in [1.82, 2.24) is 9.80 Å². The molecule has 2 aliphatic rings. The highest BCUT2D eigenvalue weighted by atomic mass is 16.6. The molecule has 0 spiro atoms. The zero-order chi connectivity index (χ0) is 17.0. The number of aliphatic hydroxyl groups is 1. The Morgan fingerprint density at radius 2 is 1.83 bits per heavy atom. The molecule has 0 bridgehead atoms. The average molecular weight is 326 g/mol. The molecule has 2 heterocycles. The monoisotopic (exact) mass is 326 g/mol. The molecule has 5 heteroatoms. The molecule has 5 nitrogen and oxygen atoms in total. The Hall–Kier alpha value is -0.810. The maximum atomic E-state index is 12.1. The molecule has 2 rings (SSSR count). The van der Waals surface area contributed by atoms with Crippen LogP contribution in [0.15, 0.2) is 0 Å². The van der Waals surface area contributed by atoms with E-state index < -0.39 is 5.60 Å². The second-order valence-electron chi connectivity index (χ2n) is 8.22. The molecule has 1 N–H and O–H groups in total. The third kappa shape index (κ3) is 5.35. The van der Waals surface area contributed by atoms with E-state index in [4.69, 9.17) is 4.74 Å². The van der Waals surface area contributed by atoms with E-state index in [0.29, 0.717) is 18.0 Å². The van der Waals surface area contributed by atoms with Crippen LogP contribution in [-0.2, 0) is 4.74 Å². The lowest BCUT2D eigenvalue weighted by atomic mass is 9.91. The van der Waals surface area contributed by atoms with Gasteiger partial charge in [-0.15, -0.1) is 0 Å². The van der Waals surface area contributed by atoms with Crippen molar-refractivity contribution in [1.29, 1.82) is 0 Å². The van der Waals surface area contributed by atoms with Gasteiger partial charge in [0.25, 0.3) is 0 Å². The van der Waals surface area contributed by atoms with Gasteiger partial charge in [-0.25, -0.2) is 4.79 Å². The molecule has 2 unspecified atom stereocenters. The minimum Gasteiger partial charge on any atom is -0.444 e. The number of hydrogen-bond donors (Lipinski definition) is 1. The quantitative estimate of drug-likeness (QED) is 0.866. The molecule has 0 aliphatic carbocycles. The number of carbonyl (C=O) groups is 1. The lowest BCUT2D eigenvalue weighted by Crippen LogP contribution is -2.51. The van der Waals surface area contributed by atoms with E-state index in [2.05, 4.69) is 11.8 Å². The van der Waals surface area contributed by atoms with Gasteiger partial charge >= 0.3 is 6.09 Å². The first-order valence-corrected chi connectivity index (χ1v) is 9.14. The van der Waals surface area contributed by atoms with Gasteiger partial charge in [0, 0.05) is 31.7 Å². The van der Waals surface area contributed by atoms with Crippen molar-refractivity contribution < 1.29 is 14.6 Å². The summed E-state index contributed by atoms with van der Waals surface area (Å²) in [5, 5.41) is 9.62. The Morgan fingerprint density at radius 1 is 1.17 bits per heavy atom. The van der Waals surface area contributed by atoms with Gasteiger partial charge in [-0.05, 0) is 59.3 Å². The highest BCUT2D eigenvalue weighted by Gasteiger charge is 2.32. The van der Waals surface area contributed by atoms with Gasteiger partial charge in [-0.2, -0.15) is 0 Å². The second kappa shape index (κ2) is 7.84. The number of carbonyl (C=O) groups excluding carboxylic acids is 1. The molecule has 0 radical (unpaired) electrons. The number of likely N-dealkylation sites (tertiary alicyclic amines) is 2. The lowest BCUT2D eigenvalue weighted by molar-refractivity contribution is 0.00783. The number of nitrogens with zero attached hydrogens (tertiary/aromatic N) is 2. The topological polar surface area (TPSA) is 53.0 Å². The average Bonchev–Trinajstić information content (AvgIpc) is 2.48. The van der Waals surface area contributed by atoms with Crippen LogP contribution < -0.4 is 0 Å². The van der Waals surface area contributed by atoms with E-state index in [-0.39, 0.29) is 12.7 Å². The number of amides is 1. The standard InChI is InChI=1S/C18H34N2O3/c1-14-6-5-7-16(13-21)20(14)12-15-8-10-19(11-9-15)17(22)23-18(2,3)4/h14-16,21H,5-13H2,1-4H3. The first kappa shape index (κ1) is 18.5. The third-order valence-corrected chi connectivity index (χ3v) is 5.14. The van der Waals surface area contributed by atoms with Crippen molar-refractivity contribution in [3.8, 4) is 0 Å². The normalized spacial score (nSPS) is 28.0. The van der Waals surface area contributed by atoms with Crippen molar-refractivity contribution >= 4 is 6.09 Å². The summed E-state index contributed by atoms with van der Waals surface area (Å²) in [6.07, 6.45) is 5.43. The fourth-order valence-corrected chi connectivity index (χ4v) is 3.79. The predicted octanol–water partition coefficient (Wildman–Crippen LogP) is 2.87. The maximum absolute atomic E-state index is 12.1. The van der Waals surface area contributed by atoms with Crippen LogP contribution in [0.2, 0.25) is 0 Å². The van der Waals surface area contributed by atoms with Crippen LogP contribution in [0.4, 0.5) is 4.79 Å². The van der Waals surface area contributed by atoms with Crippen molar-refractivity contribution in [3.05, 3.63) is 0 Å². The zero-order valence-electron chi connectivity index (χ0n) is 15.3.